The number of rotatable bonds is 6. The van der Waals surface area contributed by atoms with Crippen molar-refractivity contribution >= 4 is 5.91 Å². The van der Waals surface area contributed by atoms with Gasteiger partial charge in [0.1, 0.15) is 11.6 Å². The predicted molar refractivity (Wildman–Crippen MR) is 63.5 cm³/mol. The molecule has 1 amide bonds. The average molecular weight is 240 g/mol. The summed E-state index contributed by atoms with van der Waals surface area (Å²) in [6.07, 6.45) is 0. The van der Waals surface area contributed by atoms with Crippen molar-refractivity contribution in [1.82, 2.24) is 10.2 Å². The van der Waals surface area contributed by atoms with Crippen LogP contribution in [0.5, 0.6) is 5.75 Å². The highest BCUT2D eigenvalue weighted by molar-refractivity contribution is 5.77. The molecule has 0 aliphatic rings. The summed E-state index contributed by atoms with van der Waals surface area (Å²) in [4.78, 5) is 13.3. The molecule has 0 aliphatic carbocycles. The summed E-state index contributed by atoms with van der Waals surface area (Å²) < 4.78 is 17.9. The third-order valence-corrected chi connectivity index (χ3v) is 2.05. The van der Waals surface area contributed by atoms with Gasteiger partial charge in [0.2, 0.25) is 0 Å². The second-order valence-electron chi connectivity index (χ2n) is 3.90. The molecule has 4 nitrogen and oxygen atoms in total. The molecule has 94 valence electrons. The zero-order chi connectivity index (χ0) is 12.7. The summed E-state index contributed by atoms with van der Waals surface area (Å²) in [5.74, 6) is -0.237. The number of nitrogens with zero attached hydrogens (tertiary/aromatic N) is 1. The van der Waals surface area contributed by atoms with E-state index in [0.717, 1.165) is 6.54 Å². The van der Waals surface area contributed by atoms with Crippen LogP contribution in [0.25, 0.3) is 0 Å². The Labute approximate surface area is 100 Å². The van der Waals surface area contributed by atoms with Gasteiger partial charge in [-0.25, -0.2) is 4.39 Å². The number of nitrogens with one attached hydrogen (secondary N) is 1. The van der Waals surface area contributed by atoms with E-state index in [1.165, 1.54) is 18.2 Å². The van der Waals surface area contributed by atoms with Crippen LogP contribution in [-0.2, 0) is 4.79 Å². The van der Waals surface area contributed by atoms with Crippen molar-refractivity contribution in [3.63, 3.8) is 0 Å². The molecule has 0 unspecified atom stereocenters. The van der Waals surface area contributed by atoms with Crippen LogP contribution < -0.4 is 10.1 Å². The Morgan fingerprint density at radius 3 is 2.88 bits per heavy atom. The molecule has 0 atom stereocenters. The number of carbonyl (C=O) groups is 1. The number of amides is 1. The van der Waals surface area contributed by atoms with Gasteiger partial charge in [0.25, 0.3) is 5.91 Å². The van der Waals surface area contributed by atoms with Gasteiger partial charge >= 0.3 is 0 Å². The van der Waals surface area contributed by atoms with E-state index in [1.54, 1.807) is 6.07 Å². The molecular formula is C12H17FN2O2. The maximum atomic E-state index is 12.8. The van der Waals surface area contributed by atoms with Crippen molar-refractivity contribution in [3.05, 3.63) is 30.1 Å². The number of benzene rings is 1. The third kappa shape index (κ3) is 5.87. The van der Waals surface area contributed by atoms with Gasteiger partial charge in [-0.05, 0) is 26.2 Å². The minimum Gasteiger partial charge on any atom is -0.484 e. The lowest BCUT2D eigenvalue weighted by molar-refractivity contribution is -0.123. The molecule has 17 heavy (non-hydrogen) atoms. The maximum absolute atomic E-state index is 12.8. The average Bonchev–Trinajstić information content (AvgIpc) is 2.26. The first-order valence-corrected chi connectivity index (χ1v) is 5.38. The molecule has 1 rings (SSSR count). The Balaban J connectivity index is 2.24. The van der Waals surface area contributed by atoms with Crippen LogP contribution in [0.2, 0.25) is 0 Å². The molecular weight excluding hydrogens is 223 g/mol. The fraction of sp³-hybridized carbons (Fsp3) is 0.417. The lowest BCUT2D eigenvalue weighted by Crippen LogP contribution is -2.34. The van der Waals surface area contributed by atoms with Gasteiger partial charge in [-0.3, -0.25) is 4.79 Å². The molecule has 0 aromatic heterocycles. The van der Waals surface area contributed by atoms with Crippen LogP contribution in [0.1, 0.15) is 0 Å². The summed E-state index contributed by atoms with van der Waals surface area (Å²) in [6.45, 7) is 1.24. The molecule has 0 radical (unpaired) electrons. The van der Waals surface area contributed by atoms with Crippen molar-refractivity contribution in [3.8, 4) is 5.75 Å². The zero-order valence-corrected chi connectivity index (χ0v) is 10.1. The molecule has 0 aliphatic heterocycles. The lowest BCUT2D eigenvalue weighted by Gasteiger charge is -2.11. The topological polar surface area (TPSA) is 41.6 Å². The van der Waals surface area contributed by atoms with Crippen LogP contribution in [0.4, 0.5) is 4.39 Å². The monoisotopic (exact) mass is 240 g/mol. The quantitative estimate of drug-likeness (QED) is 0.802. The first-order chi connectivity index (χ1) is 8.08. The van der Waals surface area contributed by atoms with Gasteiger partial charge in [0.15, 0.2) is 6.61 Å². The zero-order valence-electron chi connectivity index (χ0n) is 10.1. The number of halogens is 1. The van der Waals surface area contributed by atoms with E-state index >= 15 is 0 Å². The van der Waals surface area contributed by atoms with E-state index in [-0.39, 0.29) is 18.3 Å². The molecule has 0 heterocycles. The van der Waals surface area contributed by atoms with Crippen molar-refractivity contribution in [2.75, 3.05) is 33.8 Å². The fourth-order valence-electron chi connectivity index (χ4n) is 1.18. The Morgan fingerprint density at radius 1 is 1.47 bits per heavy atom. The molecule has 0 bridgehead atoms. The Hall–Kier alpha value is -1.62. The van der Waals surface area contributed by atoms with Crippen LogP contribution in [0.3, 0.4) is 0 Å². The Morgan fingerprint density at radius 2 is 2.24 bits per heavy atom. The molecule has 1 aromatic rings. The van der Waals surface area contributed by atoms with E-state index in [1.807, 2.05) is 19.0 Å². The van der Waals surface area contributed by atoms with Gasteiger partial charge in [-0.1, -0.05) is 6.07 Å². The van der Waals surface area contributed by atoms with Crippen LogP contribution in [0, 0.1) is 5.82 Å². The summed E-state index contributed by atoms with van der Waals surface area (Å²) in [6, 6.07) is 5.71. The Kier molecular flexibility index (Phi) is 5.42. The molecule has 5 heteroatoms. The summed E-state index contributed by atoms with van der Waals surface area (Å²) in [5, 5.41) is 2.70. The molecule has 1 aromatic carbocycles. The molecule has 0 fully saturated rings. The van der Waals surface area contributed by atoms with Crippen molar-refractivity contribution in [2.24, 2.45) is 0 Å². The van der Waals surface area contributed by atoms with E-state index in [9.17, 15) is 9.18 Å². The van der Waals surface area contributed by atoms with Crippen molar-refractivity contribution in [2.45, 2.75) is 0 Å². The summed E-state index contributed by atoms with van der Waals surface area (Å²) >= 11 is 0. The van der Waals surface area contributed by atoms with Gasteiger partial charge in [0, 0.05) is 19.2 Å². The second kappa shape index (κ2) is 6.85. The summed E-state index contributed by atoms with van der Waals surface area (Å²) in [5.41, 5.74) is 0. The normalized spacial score (nSPS) is 10.4. The second-order valence-corrected chi connectivity index (χ2v) is 3.90. The highest BCUT2D eigenvalue weighted by Gasteiger charge is 2.02. The van der Waals surface area contributed by atoms with Crippen molar-refractivity contribution < 1.29 is 13.9 Å². The number of likely N-dealkylation sites (N-methyl/N-ethyl adjacent to an activating group) is 1. The van der Waals surface area contributed by atoms with Gasteiger partial charge in [-0.2, -0.15) is 0 Å². The first-order valence-electron chi connectivity index (χ1n) is 5.38. The largest absolute Gasteiger partial charge is 0.484 e. The first kappa shape index (κ1) is 13.4. The number of hydrogen-bond acceptors (Lipinski definition) is 3. The third-order valence-electron chi connectivity index (χ3n) is 2.05. The van der Waals surface area contributed by atoms with Crippen LogP contribution in [0.15, 0.2) is 24.3 Å². The highest BCUT2D eigenvalue weighted by Crippen LogP contribution is 2.11. The Bertz CT molecular complexity index is 369. The smallest absolute Gasteiger partial charge is 0.257 e. The predicted octanol–water partition coefficient (Wildman–Crippen LogP) is 0.882. The van der Waals surface area contributed by atoms with Gasteiger partial charge in [0.05, 0.1) is 0 Å². The SMILES string of the molecule is CN(C)CCNC(=O)COc1cccc(F)c1. The molecule has 0 spiro atoms. The lowest BCUT2D eigenvalue weighted by atomic mass is 10.3. The highest BCUT2D eigenvalue weighted by atomic mass is 19.1. The minimum atomic E-state index is -0.379. The standard InChI is InChI=1S/C12H17FN2O2/c1-15(2)7-6-14-12(16)9-17-11-5-3-4-10(13)8-11/h3-5,8H,6-7,9H2,1-2H3,(H,14,16). The van der Waals surface area contributed by atoms with Gasteiger partial charge < -0.3 is 15.0 Å². The van der Waals surface area contributed by atoms with Crippen molar-refractivity contribution in [1.29, 1.82) is 0 Å². The van der Waals surface area contributed by atoms with Gasteiger partial charge in [-0.15, -0.1) is 0 Å². The van der Waals surface area contributed by atoms with E-state index in [4.69, 9.17) is 4.74 Å². The number of carbonyl (C=O) groups excluding carboxylic acids is 1. The van der Waals surface area contributed by atoms with E-state index < -0.39 is 0 Å². The van der Waals surface area contributed by atoms with E-state index in [2.05, 4.69) is 5.32 Å². The number of hydrogen-bond donors (Lipinski definition) is 1. The fourth-order valence-corrected chi connectivity index (χ4v) is 1.18. The van der Waals surface area contributed by atoms with Crippen LogP contribution in [-0.4, -0.2) is 44.6 Å². The van der Waals surface area contributed by atoms with E-state index in [0.29, 0.717) is 12.3 Å². The molecule has 0 saturated heterocycles. The molecule has 1 N–H and O–H groups in total. The van der Waals surface area contributed by atoms with Crippen LogP contribution >= 0.6 is 0 Å². The maximum Gasteiger partial charge on any atom is 0.257 e. The summed E-state index contributed by atoms with van der Waals surface area (Å²) in [7, 11) is 3.85. The number of ether oxygens (including phenoxy) is 1. The molecule has 0 saturated carbocycles. The minimum absolute atomic E-state index is 0.100.